The maximum absolute atomic E-state index is 12.8. The first-order valence-corrected chi connectivity index (χ1v) is 6.12. The summed E-state index contributed by atoms with van der Waals surface area (Å²) in [5.74, 6) is -15.6. The molecular formula is C11H15F7O5. The van der Waals surface area contributed by atoms with Gasteiger partial charge in [0, 0.05) is 7.11 Å². The van der Waals surface area contributed by atoms with Crippen LogP contribution in [0.5, 0.6) is 0 Å². The third kappa shape index (κ3) is 6.47. The zero-order valence-electron chi connectivity index (χ0n) is 11.9. The smallest absolute Gasteiger partial charge is 0.459 e. The monoisotopic (exact) mass is 360 g/mol. The standard InChI is InChI=1S/C11H15F7O5/c1-20-2-3-21-4-5-22-6-7-23-8(19)9(12,13)10(14,15)11(16,17)18/h2-7H2,1H3. The summed E-state index contributed by atoms with van der Waals surface area (Å²) in [6, 6.07) is 0. The number of rotatable bonds is 11. The molecule has 0 saturated carbocycles. The van der Waals surface area contributed by atoms with Crippen LogP contribution in [0.3, 0.4) is 0 Å². The van der Waals surface area contributed by atoms with Gasteiger partial charge in [-0.2, -0.15) is 30.7 Å². The lowest BCUT2D eigenvalue weighted by molar-refractivity contribution is -0.348. The molecule has 23 heavy (non-hydrogen) atoms. The molecule has 0 saturated heterocycles. The first-order chi connectivity index (χ1) is 10.5. The molecule has 5 nitrogen and oxygen atoms in total. The van der Waals surface area contributed by atoms with E-state index in [4.69, 9.17) is 9.47 Å². The molecule has 0 aliphatic rings. The van der Waals surface area contributed by atoms with Crippen LogP contribution in [-0.4, -0.2) is 70.7 Å². The van der Waals surface area contributed by atoms with Crippen LogP contribution in [0.15, 0.2) is 0 Å². The van der Waals surface area contributed by atoms with E-state index in [0.29, 0.717) is 6.61 Å². The molecule has 0 amide bonds. The van der Waals surface area contributed by atoms with E-state index < -0.39 is 37.2 Å². The van der Waals surface area contributed by atoms with Crippen molar-refractivity contribution in [2.75, 3.05) is 46.8 Å². The number of methoxy groups -OCH3 is 1. The van der Waals surface area contributed by atoms with Gasteiger partial charge in [0.05, 0.1) is 33.0 Å². The molecule has 0 bridgehead atoms. The fourth-order valence-corrected chi connectivity index (χ4v) is 1.05. The summed E-state index contributed by atoms with van der Waals surface area (Å²) in [5.41, 5.74) is 0. The Morgan fingerprint density at radius 2 is 1.22 bits per heavy atom. The Bertz CT molecular complexity index is 359. The highest BCUT2D eigenvalue weighted by Gasteiger charge is 2.77. The number of ether oxygens (including phenoxy) is 4. The van der Waals surface area contributed by atoms with Crippen LogP contribution in [0, 0.1) is 0 Å². The first kappa shape index (κ1) is 21.9. The highest BCUT2D eigenvalue weighted by molar-refractivity contribution is 5.79. The van der Waals surface area contributed by atoms with E-state index >= 15 is 0 Å². The molecule has 0 aromatic rings. The van der Waals surface area contributed by atoms with Crippen LogP contribution in [-0.2, 0) is 23.7 Å². The van der Waals surface area contributed by atoms with Crippen molar-refractivity contribution in [2.24, 2.45) is 0 Å². The van der Waals surface area contributed by atoms with Crippen LogP contribution < -0.4 is 0 Å². The lowest BCUT2D eigenvalue weighted by atomic mass is 10.1. The molecule has 138 valence electrons. The van der Waals surface area contributed by atoms with Crippen LogP contribution >= 0.6 is 0 Å². The van der Waals surface area contributed by atoms with Crippen molar-refractivity contribution in [1.29, 1.82) is 0 Å². The number of esters is 1. The molecule has 0 N–H and O–H groups in total. The molecule has 0 atom stereocenters. The van der Waals surface area contributed by atoms with Crippen molar-refractivity contribution in [1.82, 2.24) is 0 Å². The normalized spacial score (nSPS) is 13.2. The molecule has 0 aromatic carbocycles. The second kappa shape index (κ2) is 9.23. The van der Waals surface area contributed by atoms with Gasteiger partial charge in [0.2, 0.25) is 0 Å². The summed E-state index contributed by atoms with van der Waals surface area (Å²) in [5, 5.41) is 0. The first-order valence-electron chi connectivity index (χ1n) is 6.12. The maximum atomic E-state index is 12.8. The topological polar surface area (TPSA) is 54.0 Å². The van der Waals surface area contributed by atoms with Crippen molar-refractivity contribution >= 4 is 5.97 Å². The van der Waals surface area contributed by atoms with E-state index in [2.05, 4.69) is 9.47 Å². The van der Waals surface area contributed by atoms with Crippen molar-refractivity contribution in [3.63, 3.8) is 0 Å². The second-order valence-corrected chi connectivity index (χ2v) is 4.00. The van der Waals surface area contributed by atoms with Gasteiger partial charge in [0.1, 0.15) is 6.61 Å². The fraction of sp³-hybridized carbons (Fsp3) is 0.909. The van der Waals surface area contributed by atoms with E-state index in [1.165, 1.54) is 7.11 Å². The number of hydrogen-bond donors (Lipinski definition) is 0. The highest BCUT2D eigenvalue weighted by Crippen LogP contribution is 2.46. The van der Waals surface area contributed by atoms with Gasteiger partial charge in [-0.25, -0.2) is 4.79 Å². The largest absolute Gasteiger partial charge is 0.460 e. The third-order valence-electron chi connectivity index (χ3n) is 2.27. The quantitative estimate of drug-likeness (QED) is 0.321. The Morgan fingerprint density at radius 3 is 1.65 bits per heavy atom. The molecule has 0 unspecified atom stereocenters. The maximum Gasteiger partial charge on any atom is 0.460 e. The summed E-state index contributed by atoms with van der Waals surface area (Å²) in [6.45, 7) is -0.725. The van der Waals surface area contributed by atoms with Crippen LogP contribution in [0.1, 0.15) is 0 Å². The SMILES string of the molecule is COCCOCCOCCOC(=O)C(F)(F)C(F)(F)C(F)(F)F. The third-order valence-corrected chi connectivity index (χ3v) is 2.27. The van der Waals surface area contributed by atoms with Gasteiger partial charge in [-0.3, -0.25) is 0 Å². The molecule has 12 heteroatoms. The van der Waals surface area contributed by atoms with Gasteiger partial charge in [0.25, 0.3) is 0 Å². The molecule has 0 spiro atoms. The van der Waals surface area contributed by atoms with E-state index in [1.807, 2.05) is 0 Å². The Hall–Kier alpha value is -1.14. The van der Waals surface area contributed by atoms with E-state index in [1.54, 1.807) is 0 Å². The average Bonchev–Trinajstić information content (AvgIpc) is 2.43. The van der Waals surface area contributed by atoms with Gasteiger partial charge < -0.3 is 18.9 Å². The fourth-order valence-electron chi connectivity index (χ4n) is 1.05. The van der Waals surface area contributed by atoms with E-state index in [-0.39, 0.29) is 19.8 Å². The zero-order valence-corrected chi connectivity index (χ0v) is 11.9. The molecule has 0 heterocycles. The summed E-state index contributed by atoms with van der Waals surface area (Å²) >= 11 is 0. The minimum Gasteiger partial charge on any atom is -0.459 e. The van der Waals surface area contributed by atoms with Gasteiger partial charge in [-0.1, -0.05) is 0 Å². The average molecular weight is 360 g/mol. The summed E-state index contributed by atoms with van der Waals surface area (Å²) in [4.78, 5) is 10.7. The molecule has 0 radical (unpaired) electrons. The summed E-state index contributed by atoms with van der Waals surface area (Å²) < 4.78 is 104. The van der Waals surface area contributed by atoms with E-state index in [9.17, 15) is 35.5 Å². The lowest BCUT2D eigenvalue weighted by Crippen LogP contribution is -2.56. The number of alkyl halides is 7. The minimum atomic E-state index is -6.59. The predicted octanol–water partition coefficient (Wildman–Crippen LogP) is 2.04. The number of halogens is 7. The predicted molar refractivity (Wildman–Crippen MR) is 60.4 cm³/mol. The minimum absolute atomic E-state index is 0.0314. The molecule has 0 rings (SSSR count). The van der Waals surface area contributed by atoms with Crippen molar-refractivity contribution in [2.45, 2.75) is 18.0 Å². The highest BCUT2D eigenvalue weighted by atomic mass is 19.4. The molecule has 0 fully saturated rings. The molecule has 0 aliphatic carbocycles. The van der Waals surface area contributed by atoms with Crippen molar-refractivity contribution in [3.05, 3.63) is 0 Å². The van der Waals surface area contributed by atoms with Gasteiger partial charge >= 0.3 is 24.0 Å². The van der Waals surface area contributed by atoms with Gasteiger partial charge in [0.15, 0.2) is 0 Å². The second-order valence-electron chi connectivity index (χ2n) is 4.00. The molecule has 0 aliphatic heterocycles. The lowest BCUT2D eigenvalue weighted by Gasteiger charge is -2.26. The summed E-state index contributed by atoms with van der Waals surface area (Å²) in [7, 11) is 1.45. The number of carbonyl (C=O) groups excluding carboxylic acids is 1. The Balaban J connectivity index is 4.06. The van der Waals surface area contributed by atoms with Crippen LogP contribution in [0.2, 0.25) is 0 Å². The van der Waals surface area contributed by atoms with Crippen molar-refractivity contribution < 1.29 is 54.5 Å². The molecule has 0 aromatic heterocycles. The van der Waals surface area contributed by atoms with Gasteiger partial charge in [-0.15, -0.1) is 0 Å². The van der Waals surface area contributed by atoms with Crippen LogP contribution in [0.25, 0.3) is 0 Å². The summed E-state index contributed by atoms with van der Waals surface area (Å²) in [6.07, 6.45) is -6.59. The van der Waals surface area contributed by atoms with E-state index in [0.717, 1.165) is 0 Å². The Kier molecular flexibility index (Phi) is 8.77. The molecular weight excluding hydrogens is 345 g/mol. The van der Waals surface area contributed by atoms with Gasteiger partial charge in [-0.05, 0) is 0 Å². The number of carbonyl (C=O) groups is 1. The van der Waals surface area contributed by atoms with Crippen LogP contribution in [0.4, 0.5) is 30.7 Å². The van der Waals surface area contributed by atoms with Crippen molar-refractivity contribution in [3.8, 4) is 0 Å². The number of hydrogen-bond acceptors (Lipinski definition) is 5. The Morgan fingerprint density at radius 1 is 0.783 bits per heavy atom. The Labute approximate surface area is 126 Å². The zero-order chi connectivity index (χ0) is 18.1.